The highest BCUT2D eigenvalue weighted by Gasteiger charge is 2.17. The summed E-state index contributed by atoms with van der Waals surface area (Å²) in [5.74, 6) is -0.629. The van der Waals surface area contributed by atoms with Gasteiger partial charge in [-0.15, -0.1) is 5.10 Å². The van der Waals surface area contributed by atoms with Gasteiger partial charge in [0.05, 0.1) is 16.4 Å². The smallest absolute Gasteiger partial charge is 0.269 e. The highest BCUT2D eigenvalue weighted by Crippen LogP contribution is 2.35. The van der Waals surface area contributed by atoms with Crippen LogP contribution < -0.4 is 5.32 Å². The van der Waals surface area contributed by atoms with Crippen LogP contribution in [0.15, 0.2) is 12.1 Å². The fourth-order valence-corrected chi connectivity index (χ4v) is 2.59. The van der Waals surface area contributed by atoms with Gasteiger partial charge >= 0.3 is 0 Å². The average Bonchev–Trinajstić information content (AvgIpc) is 2.83. The minimum absolute atomic E-state index is 0.0703. The number of hydrogen-bond donors (Lipinski definition) is 2. The van der Waals surface area contributed by atoms with Crippen LogP contribution in [0.25, 0.3) is 0 Å². The van der Waals surface area contributed by atoms with E-state index in [4.69, 9.17) is 23.2 Å². The number of anilines is 1. The Morgan fingerprint density at radius 2 is 2.21 bits per heavy atom. The van der Waals surface area contributed by atoms with Crippen LogP contribution >= 0.6 is 34.7 Å². The molecule has 1 aromatic heterocycles. The summed E-state index contributed by atoms with van der Waals surface area (Å²) in [7, 11) is 0. The Bertz CT molecular complexity index is 630. The SMILES string of the molecule is CCc1nnsc1C(=O)Nc1cc(Cl)cc(Cl)c1O. The molecule has 0 saturated carbocycles. The summed E-state index contributed by atoms with van der Waals surface area (Å²) in [5.41, 5.74) is 0.757. The fraction of sp³-hybridized carbons (Fsp3) is 0.182. The van der Waals surface area contributed by atoms with E-state index in [0.717, 1.165) is 11.5 Å². The summed E-state index contributed by atoms with van der Waals surface area (Å²) in [5, 5.41) is 16.5. The molecule has 0 unspecified atom stereocenters. The lowest BCUT2D eigenvalue weighted by atomic mass is 10.2. The van der Waals surface area contributed by atoms with Crippen molar-refractivity contribution in [3.8, 4) is 5.75 Å². The third-order valence-electron chi connectivity index (χ3n) is 2.37. The summed E-state index contributed by atoms with van der Waals surface area (Å²) < 4.78 is 3.73. The number of halogens is 2. The number of aromatic hydroxyl groups is 1. The third kappa shape index (κ3) is 2.97. The van der Waals surface area contributed by atoms with E-state index in [1.165, 1.54) is 12.1 Å². The number of phenols is 1. The van der Waals surface area contributed by atoms with Crippen molar-refractivity contribution in [3.63, 3.8) is 0 Å². The molecule has 100 valence electrons. The van der Waals surface area contributed by atoms with Crippen LogP contribution in [-0.4, -0.2) is 20.6 Å². The van der Waals surface area contributed by atoms with Crippen molar-refractivity contribution in [1.29, 1.82) is 0 Å². The molecule has 0 radical (unpaired) electrons. The predicted octanol–water partition coefficient (Wildman–Crippen LogP) is 3.37. The van der Waals surface area contributed by atoms with Gasteiger partial charge in [-0.25, -0.2) is 0 Å². The molecule has 1 amide bonds. The van der Waals surface area contributed by atoms with Gasteiger partial charge in [0, 0.05) is 5.02 Å². The van der Waals surface area contributed by atoms with E-state index in [1.54, 1.807) is 0 Å². The summed E-state index contributed by atoms with van der Waals surface area (Å²) >= 11 is 12.6. The number of nitrogens with one attached hydrogen (secondary N) is 1. The van der Waals surface area contributed by atoms with Gasteiger partial charge in [-0.2, -0.15) is 0 Å². The number of nitrogens with zero attached hydrogens (tertiary/aromatic N) is 2. The number of hydrogen-bond acceptors (Lipinski definition) is 5. The molecule has 1 aromatic carbocycles. The first-order valence-corrected chi connectivity index (χ1v) is 6.86. The fourth-order valence-electron chi connectivity index (χ4n) is 1.45. The van der Waals surface area contributed by atoms with E-state index in [1.807, 2.05) is 6.92 Å². The van der Waals surface area contributed by atoms with Gasteiger partial charge in [0.25, 0.3) is 5.91 Å². The number of aromatic nitrogens is 2. The minimum atomic E-state index is -0.402. The average molecular weight is 318 g/mol. The quantitative estimate of drug-likeness (QED) is 0.851. The maximum Gasteiger partial charge on any atom is 0.269 e. The number of phenolic OH excluding ortho intramolecular Hbond substituents is 1. The van der Waals surface area contributed by atoms with Gasteiger partial charge in [0.2, 0.25) is 0 Å². The molecule has 0 spiro atoms. The molecule has 2 aromatic rings. The van der Waals surface area contributed by atoms with E-state index in [2.05, 4.69) is 14.9 Å². The normalized spacial score (nSPS) is 10.5. The second-order valence-corrected chi connectivity index (χ2v) is 5.24. The summed E-state index contributed by atoms with van der Waals surface area (Å²) in [6.07, 6.45) is 0.599. The molecule has 0 saturated heterocycles. The van der Waals surface area contributed by atoms with Gasteiger partial charge in [-0.3, -0.25) is 4.79 Å². The van der Waals surface area contributed by atoms with Gasteiger partial charge in [0.15, 0.2) is 5.75 Å². The van der Waals surface area contributed by atoms with E-state index < -0.39 is 5.91 Å². The molecule has 2 N–H and O–H groups in total. The van der Waals surface area contributed by atoms with Crippen LogP contribution in [0.4, 0.5) is 5.69 Å². The maximum atomic E-state index is 12.1. The van der Waals surface area contributed by atoms with Crippen molar-refractivity contribution in [1.82, 2.24) is 9.59 Å². The Labute approximate surface area is 123 Å². The van der Waals surface area contributed by atoms with Gasteiger partial charge in [-0.1, -0.05) is 34.6 Å². The van der Waals surface area contributed by atoms with Crippen LogP contribution in [0.3, 0.4) is 0 Å². The Balaban J connectivity index is 2.29. The Morgan fingerprint density at radius 3 is 2.89 bits per heavy atom. The van der Waals surface area contributed by atoms with E-state index in [0.29, 0.717) is 22.0 Å². The number of amides is 1. The van der Waals surface area contributed by atoms with Crippen molar-refractivity contribution in [2.45, 2.75) is 13.3 Å². The third-order valence-corrected chi connectivity index (χ3v) is 3.65. The van der Waals surface area contributed by atoms with Crippen molar-refractivity contribution in [3.05, 3.63) is 32.7 Å². The molecule has 0 atom stereocenters. The predicted molar refractivity (Wildman–Crippen MR) is 75.4 cm³/mol. The zero-order chi connectivity index (χ0) is 14.0. The number of benzene rings is 1. The molecule has 0 aliphatic rings. The van der Waals surface area contributed by atoms with Crippen molar-refractivity contribution in [2.75, 3.05) is 5.32 Å². The van der Waals surface area contributed by atoms with Crippen LogP contribution in [-0.2, 0) is 6.42 Å². The molecule has 8 heteroatoms. The van der Waals surface area contributed by atoms with E-state index in [9.17, 15) is 9.90 Å². The molecule has 0 aliphatic carbocycles. The highest BCUT2D eigenvalue weighted by atomic mass is 35.5. The van der Waals surface area contributed by atoms with Gasteiger partial charge in [0.1, 0.15) is 4.88 Å². The van der Waals surface area contributed by atoms with Crippen molar-refractivity contribution >= 4 is 46.3 Å². The molecule has 0 fully saturated rings. The standard InChI is InChI=1S/C11H9Cl2N3O2S/c1-2-7-10(19-16-15-7)11(18)14-8-4-5(12)3-6(13)9(8)17/h3-4,17H,2H2,1H3,(H,14,18). The Morgan fingerprint density at radius 1 is 1.47 bits per heavy atom. The van der Waals surface area contributed by atoms with Crippen LogP contribution in [0.5, 0.6) is 5.75 Å². The van der Waals surface area contributed by atoms with Crippen LogP contribution in [0, 0.1) is 0 Å². The zero-order valence-corrected chi connectivity index (χ0v) is 12.1. The van der Waals surface area contributed by atoms with Crippen LogP contribution in [0.1, 0.15) is 22.3 Å². The molecule has 0 aliphatic heterocycles. The second kappa shape index (κ2) is 5.73. The lowest BCUT2D eigenvalue weighted by Gasteiger charge is -2.08. The molecule has 19 heavy (non-hydrogen) atoms. The number of rotatable bonds is 3. The monoisotopic (exact) mass is 317 g/mol. The second-order valence-electron chi connectivity index (χ2n) is 3.64. The van der Waals surface area contributed by atoms with Crippen molar-refractivity contribution < 1.29 is 9.90 Å². The maximum absolute atomic E-state index is 12.1. The Kier molecular flexibility index (Phi) is 4.24. The first-order valence-electron chi connectivity index (χ1n) is 5.33. The topological polar surface area (TPSA) is 75.1 Å². The van der Waals surface area contributed by atoms with Crippen LogP contribution in [0.2, 0.25) is 10.0 Å². The molecule has 0 bridgehead atoms. The number of carbonyl (C=O) groups is 1. The molecular weight excluding hydrogens is 309 g/mol. The largest absolute Gasteiger partial charge is 0.504 e. The first kappa shape index (κ1) is 14.0. The zero-order valence-electron chi connectivity index (χ0n) is 9.78. The number of aryl methyl sites for hydroxylation is 1. The van der Waals surface area contributed by atoms with Gasteiger partial charge in [-0.05, 0) is 30.1 Å². The minimum Gasteiger partial charge on any atom is -0.504 e. The molecular formula is C11H9Cl2N3O2S. The van der Waals surface area contributed by atoms with Crippen molar-refractivity contribution in [2.24, 2.45) is 0 Å². The number of carbonyl (C=O) groups excluding carboxylic acids is 1. The van der Waals surface area contributed by atoms with Gasteiger partial charge < -0.3 is 10.4 Å². The lowest BCUT2D eigenvalue weighted by molar-refractivity contribution is 0.102. The van der Waals surface area contributed by atoms with E-state index in [-0.39, 0.29) is 16.5 Å². The molecule has 5 nitrogen and oxygen atoms in total. The molecule has 1 heterocycles. The Hall–Kier alpha value is -1.37. The summed E-state index contributed by atoms with van der Waals surface area (Å²) in [6, 6.07) is 2.81. The first-order chi connectivity index (χ1) is 9.02. The lowest BCUT2D eigenvalue weighted by Crippen LogP contribution is -2.12. The van der Waals surface area contributed by atoms with E-state index >= 15 is 0 Å². The summed E-state index contributed by atoms with van der Waals surface area (Å²) in [4.78, 5) is 12.5. The molecule has 2 rings (SSSR count). The highest BCUT2D eigenvalue weighted by molar-refractivity contribution is 7.08. The summed E-state index contributed by atoms with van der Waals surface area (Å²) in [6.45, 7) is 1.88.